The molecule has 3 saturated heterocycles. The van der Waals surface area contributed by atoms with Gasteiger partial charge in [0.05, 0.1) is 7.11 Å². The maximum Gasteiger partial charge on any atom is 0.305 e. The summed E-state index contributed by atoms with van der Waals surface area (Å²) >= 11 is 0. The fourth-order valence-electron chi connectivity index (χ4n) is 10.1. The minimum Gasteiger partial charge on any atom is -0.469 e. The minimum atomic E-state index is -2.86. The van der Waals surface area contributed by atoms with Crippen molar-refractivity contribution in [2.75, 3.05) is 64.4 Å². The molecule has 7 rings (SSSR count). The first-order valence-electron chi connectivity index (χ1n) is 19.4. The van der Waals surface area contributed by atoms with Crippen molar-refractivity contribution in [2.45, 2.75) is 82.3 Å². The summed E-state index contributed by atoms with van der Waals surface area (Å²) in [6.07, 6.45) is 5.11. The molecule has 11 heteroatoms. The van der Waals surface area contributed by atoms with E-state index in [-0.39, 0.29) is 41.0 Å². The molecule has 52 heavy (non-hydrogen) atoms. The predicted octanol–water partition coefficient (Wildman–Crippen LogP) is 6.68. The van der Waals surface area contributed by atoms with Crippen molar-refractivity contribution in [1.82, 2.24) is 15.1 Å². The second kappa shape index (κ2) is 15.3. The Morgan fingerprint density at radius 1 is 0.923 bits per heavy atom. The van der Waals surface area contributed by atoms with Gasteiger partial charge in [0.1, 0.15) is 12.0 Å². The number of hydrogen-bond donors (Lipinski definition) is 1. The lowest BCUT2D eigenvalue weighted by molar-refractivity contribution is -0.142. The van der Waals surface area contributed by atoms with Gasteiger partial charge in [-0.25, -0.2) is 17.6 Å². The summed E-state index contributed by atoms with van der Waals surface area (Å²) < 4.78 is 64.2. The van der Waals surface area contributed by atoms with Gasteiger partial charge in [0.25, 0.3) is 5.92 Å². The van der Waals surface area contributed by atoms with Gasteiger partial charge in [-0.05, 0) is 105 Å². The van der Waals surface area contributed by atoms with Gasteiger partial charge in [-0.3, -0.25) is 14.5 Å². The maximum atomic E-state index is 15.3. The fourth-order valence-corrected chi connectivity index (χ4v) is 10.1. The van der Waals surface area contributed by atoms with Crippen molar-refractivity contribution < 1.29 is 31.9 Å². The van der Waals surface area contributed by atoms with Crippen LogP contribution in [0.2, 0.25) is 0 Å². The predicted molar refractivity (Wildman–Crippen MR) is 192 cm³/mol. The lowest BCUT2D eigenvalue weighted by Crippen LogP contribution is -2.56. The van der Waals surface area contributed by atoms with Crippen molar-refractivity contribution in [3.05, 3.63) is 65.0 Å². The Balaban J connectivity index is 1.02. The highest BCUT2D eigenvalue weighted by Gasteiger charge is 2.52. The van der Waals surface area contributed by atoms with E-state index < -0.39 is 23.4 Å². The molecule has 3 aliphatic heterocycles. The summed E-state index contributed by atoms with van der Waals surface area (Å²) in [5.74, 6) is -3.29. The van der Waals surface area contributed by atoms with Gasteiger partial charge in [0.15, 0.2) is 0 Å². The summed E-state index contributed by atoms with van der Waals surface area (Å²) in [6.45, 7) is 7.26. The van der Waals surface area contributed by atoms with Gasteiger partial charge in [-0.15, -0.1) is 0 Å². The van der Waals surface area contributed by atoms with Crippen molar-refractivity contribution in [2.24, 2.45) is 29.6 Å². The number of esters is 1. The fraction of sp³-hybridized carbons (Fsp3) is 0.659. The molecule has 5 aliphatic rings. The number of piperidine rings is 1. The number of benzene rings is 2. The molecular weight excluding hydrogens is 672 g/mol. The molecule has 2 aliphatic carbocycles. The number of amides is 1. The summed E-state index contributed by atoms with van der Waals surface area (Å²) in [4.78, 5) is 31.6. The molecule has 0 aromatic heterocycles. The molecule has 1 N–H and O–H groups in total. The Bertz CT molecular complexity index is 1590. The van der Waals surface area contributed by atoms with Gasteiger partial charge in [0.2, 0.25) is 5.91 Å². The van der Waals surface area contributed by atoms with Crippen LogP contribution >= 0.6 is 0 Å². The number of ether oxygens (including phenoxy) is 1. The zero-order valence-corrected chi connectivity index (χ0v) is 30.6. The quantitative estimate of drug-likeness (QED) is 0.173. The van der Waals surface area contributed by atoms with Gasteiger partial charge >= 0.3 is 5.97 Å². The standard InChI is InChI=1S/C41H54F4N4O3/c1-27(50)46-26-40(33-6-4-7-34(42)19-33,37-8-3-5-29(37)18-39(51)52-2)31-13-15-47(16-14-31)20-28-21-49(22-28)36-11-12-38(41(44,45)32-9-10-32)30(17-36)23-48-24-35(43)25-48/h4,6-7,11-12,17,19,28-29,31-32,35,37H,3,5,8-10,13-16,18,20-26H2,1-2H3,(H,46,50)/t29-,37+,40+/m1/s1. The first kappa shape index (κ1) is 37.1. The van der Waals surface area contributed by atoms with Crippen LogP contribution in [0.4, 0.5) is 23.2 Å². The van der Waals surface area contributed by atoms with Crippen LogP contribution in [0, 0.1) is 35.4 Å². The van der Waals surface area contributed by atoms with Crippen molar-refractivity contribution in [1.29, 1.82) is 0 Å². The van der Waals surface area contributed by atoms with Crippen LogP contribution in [0.5, 0.6) is 0 Å². The highest BCUT2D eigenvalue weighted by Crippen LogP contribution is 2.54. The van der Waals surface area contributed by atoms with Gasteiger partial charge in [-0.2, -0.15) is 0 Å². The van der Waals surface area contributed by atoms with Crippen LogP contribution in [0.15, 0.2) is 42.5 Å². The molecular formula is C41H54F4N4O3. The Kier molecular flexibility index (Phi) is 10.9. The first-order chi connectivity index (χ1) is 25.0. The molecule has 0 bridgehead atoms. The number of hydrogen-bond acceptors (Lipinski definition) is 6. The maximum absolute atomic E-state index is 15.3. The SMILES string of the molecule is COC(=O)C[C@H]1CCC[C@@H]1[C@](CNC(C)=O)(c1cccc(F)c1)C1CCN(CC2CN(c3ccc(C(F)(F)C4CC4)c(CN4CC(F)C4)c3)C2)CC1. The minimum absolute atomic E-state index is 0.0875. The van der Waals surface area contributed by atoms with Gasteiger partial charge in [0, 0.05) is 87.7 Å². The first-order valence-corrected chi connectivity index (χ1v) is 19.4. The zero-order valence-electron chi connectivity index (χ0n) is 30.6. The molecule has 3 heterocycles. The van der Waals surface area contributed by atoms with Crippen molar-refractivity contribution >= 4 is 17.6 Å². The molecule has 1 amide bonds. The van der Waals surface area contributed by atoms with E-state index in [4.69, 9.17) is 4.74 Å². The largest absolute Gasteiger partial charge is 0.469 e. The van der Waals surface area contributed by atoms with E-state index in [0.717, 1.165) is 76.1 Å². The second-order valence-corrected chi connectivity index (χ2v) is 16.4. The smallest absolute Gasteiger partial charge is 0.305 e. The number of nitrogens with zero attached hydrogens (tertiary/aromatic N) is 3. The third-order valence-electron chi connectivity index (χ3n) is 13.0. The molecule has 0 spiro atoms. The van der Waals surface area contributed by atoms with E-state index in [9.17, 15) is 18.4 Å². The Morgan fingerprint density at radius 3 is 2.33 bits per heavy atom. The normalized spacial score (nSPS) is 25.0. The number of halogens is 4. The molecule has 284 valence electrons. The van der Waals surface area contributed by atoms with E-state index in [1.807, 2.05) is 23.1 Å². The third kappa shape index (κ3) is 7.72. The number of carbonyl (C=O) groups is 2. The average molecular weight is 727 g/mol. The molecule has 5 fully saturated rings. The van der Waals surface area contributed by atoms with Gasteiger partial charge in [-0.1, -0.05) is 24.6 Å². The van der Waals surface area contributed by atoms with Crippen LogP contribution < -0.4 is 10.2 Å². The monoisotopic (exact) mass is 726 g/mol. The van der Waals surface area contributed by atoms with Crippen LogP contribution in [0.3, 0.4) is 0 Å². The van der Waals surface area contributed by atoms with Crippen LogP contribution in [0.1, 0.15) is 75.0 Å². The Labute approximate surface area is 305 Å². The average Bonchev–Trinajstić information content (AvgIpc) is 3.86. The number of methoxy groups -OCH3 is 1. The highest BCUT2D eigenvalue weighted by molar-refractivity contribution is 5.73. The number of alkyl halides is 3. The summed E-state index contributed by atoms with van der Waals surface area (Å²) in [5, 5.41) is 3.13. The number of likely N-dealkylation sites (tertiary alicyclic amines) is 2. The number of carbonyl (C=O) groups excluding carboxylic acids is 2. The van der Waals surface area contributed by atoms with E-state index in [1.165, 1.54) is 20.1 Å². The molecule has 0 radical (unpaired) electrons. The third-order valence-corrected chi connectivity index (χ3v) is 13.0. The number of nitrogens with one attached hydrogen (secondary N) is 1. The zero-order chi connectivity index (χ0) is 36.6. The van der Waals surface area contributed by atoms with E-state index in [0.29, 0.717) is 56.9 Å². The van der Waals surface area contributed by atoms with Crippen LogP contribution in [-0.2, 0) is 32.2 Å². The number of anilines is 1. The molecule has 7 nitrogen and oxygen atoms in total. The molecule has 2 saturated carbocycles. The molecule has 2 aromatic carbocycles. The van der Waals surface area contributed by atoms with Crippen molar-refractivity contribution in [3.8, 4) is 0 Å². The van der Waals surface area contributed by atoms with Crippen LogP contribution in [-0.4, -0.2) is 87.3 Å². The van der Waals surface area contributed by atoms with Gasteiger partial charge < -0.3 is 19.9 Å². The molecule has 2 aromatic rings. The molecule has 0 unspecified atom stereocenters. The number of rotatable bonds is 14. The lowest BCUT2D eigenvalue weighted by Gasteiger charge is -2.51. The van der Waals surface area contributed by atoms with E-state index in [2.05, 4.69) is 15.1 Å². The molecule has 3 atom stereocenters. The topological polar surface area (TPSA) is 65.1 Å². The Morgan fingerprint density at radius 2 is 1.67 bits per heavy atom. The van der Waals surface area contributed by atoms with Crippen molar-refractivity contribution in [3.63, 3.8) is 0 Å². The van der Waals surface area contributed by atoms with E-state index in [1.54, 1.807) is 18.2 Å². The summed E-state index contributed by atoms with van der Waals surface area (Å²) in [6, 6.07) is 12.2. The summed E-state index contributed by atoms with van der Waals surface area (Å²) in [7, 11) is 1.42. The Hall–Kier alpha value is -3.18. The second-order valence-electron chi connectivity index (χ2n) is 16.4. The summed E-state index contributed by atoms with van der Waals surface area (Å²) in [5.41, 5.74) is 2.04. The lowest BCUT2D eigenvalue weighted by atomic mass is 9.57. The van der Waals surface area contributed by atoms with Crippen LogP contribution in [0.25, 0.3) is 0 Å². The van der Waals surface area contributed by atoms with E-state index >= 15 is 8.78 Å². The highest BCUT2D eigenvalue weighted by atomic mass is 19.3.